The molecule has 0 atom stereocenters. The van der Waals surface area contributed by atoms with Gasteiger partial charge in [0.05, 0.1) is 12.1 Å². The van der Waals surface area contributed by atoms with Gasteiger partial charge in [-0.2, -0.15) is 13.2 Å². The number of amides is 2. The van der Waals surface area contributed by atoms with Crippen LogP contribution in [0.15, 0.2) is 24.3 Å². The third kappa shape index (κ3) is 5.70. The molecule has 2 rings (SSSR count). The first-order chi connectivity index (χ1) is 11.9. The fourth-order valence-electron chi connectivity index (χ4n) is 3.10. The fourth-order valence-corrected chi connectivity index (χ4v) is 3.10. The van der Waals surface area contributed by atoms with Crippen LogP contribution in [0.4, 0.5) is 18.0 Å². The lowest BCUT2D eigenvalue weighted by atomic mass is 9.94. The third-order valence-corrected chi connectivity index (χ3v) is 4.37. The lowest BCUT2D eigenvalue weighted by Gasteiger charge is -2.33. The zero-order chi connectivity index (χ0) is 18.3. The van der Waals surface area contributed by atoms with E-state index in [0.29, 0.717) is 6.54 Å². The number of halogens is 3. The molecule has 0 saturated heterocycles. The van der Waals surface area contributed by atoms with E-state index in [-0.39, 0.29) is 24.2 Å². The van der Waals surface area contributed by atoms with Crippen LogP contribution in [0.25, 0.3) is 0 Å². The monoisotopic (exact) mass is 352 g/mol. The SMILES string of the molecule is CCN(C(=O)NCC#Cc1cccc(C(F)(F)F)c1)C1CCCCC1. The average molecular weight is 352 g/mol. The maximum Gasteiger partial charge on any atom is 0.416 e. The van der Waals surface area contributed by atoms with E-state index in [0.717, 1.165) is 37.8 Å². The zero-order valence-electron chi connectivity index (χ0n) is 14.3. The standard InChI is InChI=1S/C19H23F3N2O/c1-2-24(17-11-4-3-5-12-17)18(25)23-13-7-9-15-8-6-10-16(14-15)19(20,21)22/h6,8,10,14,17H,2-5,11-13H2,1H3,(H,23,25). The number of rotatable bonds is 3. The highest BCUT2D eigenvalue weighted by molar-refractivity contribution is 5.74. The molecule has 3 nitrogen and oxygen atoms in total. The molecule has 6 heteroatoms. The number of urea groups is 1. The molecule has 2 amide bonds. The Morgan fingerprint density at radius 1 is 1.28 bits per heavy atom. The highest BCUT2D eigenvalue weighted by atomic mass is 19.4. The molecule has 0 aromatic heterocycles. The van der Waals surface area contributed by atoms with E-state index < -0.39 is 11.7 Å². The van der Waals surface area contributed by atoms with Gasteiger partial charge in [-0.15, -0.1) is 0 Å². The molecule has 0 heterocycles. The van der Waals surface area contributed by atoms with Crippen LogP contribution in [0.5, 0.6) is 0 Å². The summed E-state index contributed by atoms with van der Waals surface area (Å²) in [6, 6.07) is 4.98. The van der Waals surface area contributed by atoms with Gasteiger partial charge in [0.25, 0.3) is 0 Å². The van der Waals surface area contributed by atoms with Crippen LogP contribution in [-0.4, -0.2) is 30.1 Å². The lowest BCUT2D eigenvalue weighted by Crippen LogP contribution is -2.46. The van der Waals surface area contributed by atoms with E-state index in [1.54, 1.807) is 0 Å². The number of hydrogen-bond donors (Lipinski definition) is 1. The summed E-state index contributed by atoms with van der Waals surface area (Å²) in [6.45, 7) is 2.69. The van der Waals surface area contributed by atoms with Crippen molar-refractivity contribution in [1.82, 2.24) is 10.2 Å². The summed E-state index contributed by atoms with van der Waals surface area (Å²) in [6.07, 6.45) is 1.17. The first-order valence-corrected chi connectivity index (χ1v) is 8.62. The zero-order valence-corrected chi connectivity index (χ0v) is 14.3. The molecule has 1 aromatic rings. The van der Waals surface area contributed by atoms with E-state index in [1.807, 2.05) is 11.8 Å². The Morgan fingerprint density at radius 3 is 2.64 bits per heavy atom. The largest absolute Gasteiger partial charge is 0.416 e. The minimum Gasteiger partial charge on any atom is -0.327 e. The first-order valence-electron chi connectivity index (χ1n) is 8.62. The molecule has 0 bridgehead atoms. The molecular weight excluding hydrogens is 329 g/mol. The molecule has 1 N–H and O–H groups in total. The average Bonchev–Trinajstić information content (AvgIpc) is 2.60. The van der Waals surface area contributed by atoms with Crippen molar-refractivity contribution in [2.75, 3.05) is 13.1 Å². The maximum absolute atomic E-state index is 12.7. The molecular formula is C19H23F3N2O. The summed E-state index contributed by atoms with van der Waals surface area (Å²) < 4.78 is 38.0. The number of nitrogens with zero attached hydrogens (tertiary/aromatic N) is 1. The van der Waals surface area contributed by atoms with Crippen molar-refractivity contribution in [2.45, 2.75) is 51.2 Å². The second kappa shape index (κ2) is 8.80. The summed E-state index contributed by atoms with van der Waals surface area (Å²) in [5, 5.41) is 2.74. The van der Waals surface area contributed by atoms with Crippen LogP contribution in [0.1, 0.15) is 50.2 Å². The molecule has 0 unspecified atom stereocenters. The van der Waals surface area contributed by atoms with Crippen molar-refractivity contribution >= 4 is 6.03 Å². The van der Waals surface area contributed by atoms with Crippen LogP contribution in [0.2, 0.25) is 0 Å². The Hall–Kier alpha value is -2.16. The van der Waals surface area contributed by atoms with E-state index in [1.165, 1.54) is 18.6 Å². The Balaban J connectivity index is 1.90. The van der Waals surface area contributed by atoms with Gasteiger partial charge in [0, 0.05) is 18.2 Å². The molecule has 25 heavy (non-hydrogen) atoms. The number of nitrogens with one attached hydrogen (secondary N) is 1. The molecule has 0 radical (unpaired) electrons. The van der Waals surface area contributed by atoms with Gasteiger partial charge in [-0.05, 0) is 38.0 Å². The van der Waals surface area contributed by atoms with Gasteiger partial charge in [0.1, 0.15) is 0 Å². The first kappa shape index (κ1) is 19.2. The quantitative estimate of drug-likeness (QED) is 0.803. The molecule has 0 aliphatic heterocycles. The summed E-state index contributed by atoms with van der Waals surface area (Å²) in [5.41, 5.74) is -0.443. The molecule has 1 saturated carbocycles. The normalized spacial score (nSPS) is 15.2. The van der Waals surface area contributed by atoms with Gasteiger partial charge in [0.15, 0.2) is 0 Å². The van der Waals surface area contributed by atoms with Gasteiger partial charge >= 0.3 is 12.2 Å². The number of carbonyl (C=O) groups excluding carboxylic acids is 1. The molecule has 136 valence electrons. The minimum atomic E-state index is -4.38. The Labute approximate surface area is 146 Å². The van der Waals surface area contributed by atoms with E-state index in [4.69, 9.17) is 0 Å². The topological polar surface area (TPSA) is 32.3 Å². The highest BCUT2D eigenvalue weighted by Gasteiger charge is 2.30. The predicted octanol–water partition coefficient (Wildman–Crippen LogP) is 4.42. The second-order valence-corrected chi connectivity index (χ2v) is 6.12. The van der Waals surface area contributed by atoms with Crippen molar-refractivity contribution in [3.05, 3.63) is 35.4 Å². The fraction of sp³-hybridized carbons (Fsp3) is 0.526. The van der Waals surface area contributed by atoms with Crippen LogP contribution in [0.3, 0.4) is 0 Å². The van der Waals surface area contributed by atoms with Gasteiger partial charge in [-0.3, -0.25) is 0 Å². The number of carbonyl (C=O) groups is 1. The smallest absolute Gasteiger partial charge is 0.327 e. The summed E-state index contributed by atoms with van der Waals surface area (Å²) in [4.78, 5) is 14.1. The van der Waals surface area contributed by atoms with Gasteiger partial charge in [-0.25, -0.2) is 4.79 Å². The van der Waals surface area contributed by atoms with Crippen LogP contribution in [0, 0.1) is 11.8 Å². The van der Waals surface area contributed by atoms with Crippen molar-refractivity contribution in [1.29, 1.82) is 0 Å². The third-order valence-electron chi connectivity index (χ3n) is 4.37. The Kier molecular flexibility index (Phi) is 6.74. The summed E-state index contributed by atoms with van der Waals surface area (Å²) >= 11 is 0. The van der Waals surface area contributed by atoms with Gasteiger partial charge < -0.3 is 10.2 Å². The molecule has 1 aliphatic carbocycles. The van der Waals surface area contributed by atoms with Crippen LogP contribution in [-0.2, 0) is 6.18 Å². The van der Waals surface area contributed by atoms with Crippen molar-refractivity contribution in [3.63, 3.8) is 0 Å². The molecule has 1 fully saturated rings. The van der Waals surface area contributed by atoms with E-state index >= 15 is 0 Å². The van der Waals surface area contributed by atoms with Gasteiger partial charge in [-0.1, -0.05) is 37.2 Å². The Morgan fingerprint density at radius 2 is 2.00 bits per heavy atom. The summed E-state index contributed by atoms with van der Waals surface area (Å²) in [7, 11) is 0. The predicted molar refractivity (Wildman–Crippen MR) is 91.0 cm³/mol. The molecule has 1 aliphatic rings. The van der Waals surface area contributed by atoms with Crippen LogP contribution < -0.4 is 5.32 Å². The van der Waals surface area contributed by atoms with E-state index in [2.05, 4.69) is 17.2 Å². The number of benzene rings is 1. The van der Waals surface area contributed by atoms with Gasteiger partial charge in [0.2, 0.25) is 0 Å². The number of alkyl halides is 3. The van der Waals surface area contributed by atoms with Crippen LogP contribution >= 0.6 is 0 Å². The van der Waals surface area contributed by atoms with Crippen molar-refractivity contribution in [3.8, 4) is 11.8 Å². The van der Waals surface area contributed by atoms with Crippen molar-refractivity contribution < 1.29 is 18.0 Å². The lowest BCUT2D eigenvalue weighted by molar-refractivity contribution is -0.137. The minimum absolute atomic E-state index is 0.109. The second-order valence-electron chi connectivity index (χ2n) is 6.12. The molecule has 1 aromatic carbocycles. The maximum atomic E-state index is 12.7. The number of hydrogen-bond acceptors (Lipinski definition) is 1. The molecule has 0 spiro atoms. The van der Waals surface area contributed by atoms with E-state index in [9.17, 15) is 18.0 Å². The van der Waals surface area contributed by atoms with Crippen molar-refractivity contribution in [2.24, 2.45) is 0 Å². The summed E-state index contributed by atoms with van der Waals surface area (Å²) in [5.74, 6) is 5.38. The highest BCUT2D eigenvalue weighted by Crippen LogP contribution is 2.29. The Bertz CT molecular complexity index is 640.